The van der Waals surface area contributed by atoms with Gasteiger partial charge in [0.1, 0.15) is 5.82 Å². The van der Waals surface area contributed by atoms with Gasteiger partial charge in [-0.05, 0) is 55.2 Å². The van der Waals surface area contributed by atoms with Gasteiger partial charge in [-0.2, -0.15) is 13.2 Å². The first-order valence-electron chi connectivity index (χ1n) is 12.4. The van der Waals surface area contributed by atoms with Gasteiger partial charge in [0.25, 0.3) is 0 Å². The molecule has 8 heteroatoms. The number of carbonyl (C=O) groups is 1. The number of piperazine rings is 1. The van der Waals surface area contributed by atoms with E-state index >= 15 is 0 Å². The summed E-state index contributed by atoms with van der Waals surface area (Å²) in [5.41, 5.74) is 0.375. The Morgan fingerprint density at radius 2 is 1.89 bits per heavy atom. The van der Waals surface area contributed by atoms with Gasteiger partial charge in [-0.1, -0.05) is 44.2 Å². The molecular weight excluding hydrogens is 453 g/mol. The Labute approximate surface area is 205 Å². The number of carbonyl (C=O) groups excluding carboxylic acids is 1. The minimum atomic E-state index is -4.43. The van der Waals surface area contributed by atoms with E-state index in [4.69, 9.17) is 0 Å². The van der Waals surface area contributed by atoms with Crippen molar-refractivity contribution >= 4 is 12.2 Å². The van der Waals surface area contributed by atoms with E-state index < -0.39 is 11.7 Å². The molecule has 1 saturated heterocycles. The molecule has 2 aliphatic rings. The third-order valence-corrected chi connectivity index (χ3v) is 8.11. The predicted molar refractivity (Wildman–Crippen MR) is 131 cm³/mol. The van der Waals surface area contributed by atoms with Crippen LogP contribution in [0.5, 0.6) is 0 Å². The fourth-order valence-corrected chi connectivity index (χ4v) is 6.07. The molecule has 2 fully saturated rings. The van der Waals surface area contributed by atoms with Crippen molar-refractivity contribution in [1.82, 2.24) is 15.2 Å². The lowest BCUT2D eigenvalue weighted by molar-refractivity contribution is -0.137. The number of nitrogens with zero attached hydrogens (tertiary/aromatic N) is 3. The summed E-state index contributed by atoms with van der Waals surface area (Å²) >= 11 is 0. The summed E-state index contributed by atoms with van der Waals surface area (Å²) in [6.45, 7) is 7.98. The van der Waals surface area contributed by atoms with E-state index in [0.29, 0.717) is 25.5 Å². The number of nitrogens with one attached hydrogen (secondary N) is 1. The number of benzene rings is 1. The van der Waals surface area contributed by atoms with Gasteiger partial charge in [0, 0.05) is 37.9 Å². The number of amides is 1. The highest BCUT2D eigenvalue weighted by atomic mass is 19.4. The summed E-state index contributed by atoms with van der Waals surface area (Å²) in [7, 11) is 0. The van der Waals surface area contributed by atoms with Crippen molar-refractivity contribution in [3.05, 3.63) is 59.8 Å². The summed E-state index contributed by atoms with van der Waals surface area (Å²) in [6, 6.07) is 12.9. The maximum Gasteiger partial charge on any atom is 0.416 e. The van der Waals surface area contributed by atoms with Crippen LogP contribution < -0.4 is 10.2 Å². The van der Waals surface area contributed by atoms with Gasteiger partial charge in [0.05, 0.1) is 11.6 Å². The van der Waals surface area contributed by atoms with E-state index in [0.717, 1.165) is 37.8 Å². The molecule has 1 saturated carbocycles. The summed E-state index contributed by atoms with van der Waals surface area (Å²) in [5.74, 6) is 0.621. The van der Waals surface area contributed by atoms with Gasteiger partial charge < -0.3 is 15.1 Å². The lowest BCUT2D eigenvalue weighted by Gasteiger charge is -2.52. The van der Waals surface area contributed by atoms with Gasteiger partial charge in [-0.3, -0.25) is 4.79 Å². The Bertz CT molecular complexity index is 999. The minimum absolute atomic E-state index is 0.115. The molecule has 1 N–H and O–H groups in total. The first kappa shape index (κ1) is 25.5. The van der Waals surface area contributed by atoms with Gasteiger partial charge in [0.2, 0.25) is 6.41 Å². The van der Waals surface area contributed by atoms with E-state index in [1.54, 1.807) is 4.90 Å². The average Bonchev–Trinajstić information content (AvgIpc) is 3.29. The maximum atomic E-state index is 13.5. The maximum absolute atomic E-state index is 13.5. The Kier molecular flexibility index (Phi) is 7.40. The average molecular weight is 489 g/mol. The molecule has 1 aromatic carbocycles. The molecule has 4 atom stereocenters. The quantitative estimate of drug-likeness (QED) is 0.538. The predicted octanol–water partition coefficient (Wildman–Crippen LogP) is 5.29. The Morgan fingerprint density at radius 1 is 1.14 bits per heavy atom. The smallest absolute Gasteiger partial charge is 0.349 e. The van der Waals surface area contributed by atoms with Crippen molar-refractivity contribution in [2.45, 2.75) is 64.3 Å². The lowest BCUT2D eigenvalue weighted by Crippen LogP contribution is -2.61. The summed E-state index contributed by atoms with van der Waals surface area (Å²) < 4.78 is 40.4. The van der Waals surface area contributed by atoms with Gasteiger partial charge >= 0.3 is 6.18 Å². The first-order valence-corrected chi connectivity index (χ1v) is 12.4. The van der Waals surface area contributed by atoms with Crippen LogP contribution in [-0.2, 0) is 11.0 Å². The highest BCUT2D eigenvalue weighted by Gasteiger charge is 2.51. The van der Waals surface area contributed by atoms with Crippen LogP contribution in [0, 0.1) is 11.3 Å². The molecule has 0 spiro atoms. The molecule has 35 heavy (non-hydrogen) atoms. The zero-order valence-corrected chi connectivity index (χ0v) is 20.6. The van der Waals surface area contributed by atoms with Crippen molar-refractivity contribution in [2.75, 3.05) is 24.5 Å². The molecule has 1 amide bonds. The van der Waals surface area contributed by atoms with Crippen LogP contribution in [0.2, 0.25) is 0 Å². The second-order valence-electron chi connectivity index (χ2n) is 10.3. The molecule has 4 rings (SSSR count). The van der Waals surface area contributed by atoms with Crippen LogP contribution in [0.1, 0.15) is 57.2 Å². The fraction of sp³-hybridized carbons (Fsp3) is 0.556. The SMILES string of the molecule is CC(N[C@@H]1CC[C@](C(C)C)(C2CN(C=O)CCN2c2cc(C(F)(F)F)ccn2)C1)c1ccccc1. The van der Waals surface area contributed by atoms with Crippen LogP contribution in [0.3, 0.4) is 0 Å². The van der Waals surface area contributed by atoms with E-state index in [9.17, 15) is 18.0 Å². The number of pyridine rings is 1. The molecule has 1 aromatic heterocycles. The van der Waals surface area contributed by atoms with Crippen molar-refractivity contribution < 1.29 is 18.0 Å². The molecule has 0 bridgehead atoms. The van der Waals surface area contributed by atoms with Crippen molar-refractivity contribution in [2.24, 2.45) is 11.3 Å². The Morgan fingerprint density at radius 3 is 2.54 bits per heavy atom. The number of rotatable bonds is 7. The van der Waals surface area contributed by atoms with Crippen LogP contribution in [0.4, 0.5) is 19.0 Å². The zero-order valence-electron chi connectivity index (χ0n) is 20.6. The van der Waals surface area contributed by atoms with E-state index in [1.807, 2.05) is 23.1 Å². The molecule has 2 aromatic rings. The topological polar surface area (TPSA) is 48.5 Å². The highest BCUT2D eigenvalue weighted by Crippen LogP contribution is 2.50. The summed E-state index contributed by atoms with van der Waals surface area (Å²) in [5, 5.41) is 3.79. The molecular formula is C27H35F3N4O. The second kappa shape index (κ2) is 10.2. The normalized spacial score (nSPS) is 26.3. The number of anilines is 1. The number of halogens is 3. The number of hydrogen-bond donors (Lipinski definition) is 1. The standard InChI is InChI=1S/C27H35F3N4O/c1-19(2)26(11-9-23(16-26)32-20(3)21-7-5-4-6-8-21)24-17-33(18-35)13-14-34(24)25-15-22(10-12-31-25)27(28,29)30/h4-8,10,12,15,18-20,23-24,32H,9,11,13-14,16-17H2,1-3H3/t20?,23-,24?,26+/m1/s1. The summed E-state index contributed by atoms with van der Waals surface area (Å²) in [6.07, 6.45) is 0.496. The number of alkyl halides is 3. The molecule has 0 radical (unpaired) electrons. The van der Waals surface area contributed by atoms with Crippen molar-refractivity contribution in [3.63, 3.8) is 0 Å². The Balaban J connectivity index is 1.62. The van der Waals surface area contributed by atoms with Crippen LogP contribution in [0.25, 0.3) is 0 Å². The van der Waals surface area contributed by atoms with E-state index in [-0.39, 0.29) is 29.5 Å². The molecule has 1 aliphatic carbocycles. The fourth-order valence-electron chi connectivity index (χ4n) is 6.07. The van der Waals surface area contributed by atoms with Crippen molar-refractivity contribution in [1.29, 1.82) is 0 Å². The highest BCUT2D eigenvalue weighted by molar-refractivity contribution is 5.51. The van der Waals surface area contributed by atoms with Gasteiger partial charge in [0.15, 0.2) is 0 Å². The number of hydrogen-bond acceptors (Lipinski definition) is 4. The second-order valence-corrected chi connectivity index (χ2v) is 10.3. The van der Waals surface area contributed by atoms with Gasteiger partial charge in [-0.15, -0.1) is 0 Å². The first-order chi connectivity index (χ1) is 16.6. The largest absolute Gasteiger partial charge is 0.416 e. The molecule has 2 unspecified atom stereocenters. The molecule has 1 aliphatic heterocycles. The van der Waals surface area contributed by atoms with Crippen LogP contribution in [0.15, 0.2) is 48.7 Å². The van der Waals surface area contributed by atoms with E-state index in [2.05, 4.69) is 43.2 Å². The van der Waals surface area contributed by atoms with Crippen LogP contribution in [-0.4, -0.2) is 48.0 Å². The minimum Gasteiger partial charge on any atom is -0.349 e. The zero-order chi connectivity index (χ0) is 25.2. The van der Waals surface area contributed by atoms with Crippen LogP contribution >= 0.6 is 0 Å². The third kappa shape index (κ3) is 5.32. The molecule has 190 valence electrons. The number of aromatic nitrogens is 1. The van der Waals surface area contributed by atoms with Crippen molar-refractivity contribution in [3.8, 4) is 0 Å². The summed E-state index contributed by atoms with van der Waals surface area (Å²) in [4.78, 5) is 19.9. The monoisotopic (exact) mass is 488 g/mol. The molecule has 2 heterocycles. The Hall–Kier alpha value is -2.61. The molecule has 5 nitrogen and oxygen atoms in total. The van der Waals surface area contributed by atoms with E-state index in [1.165, 1.54) is 11.8 Å². The lowest BCUT2D eigenvalue weighted by atomic mass is 9.68. The van der Waals surface area contributed by atoms with Gasteiger partial charge in [-0.25, -0.2) is 4.98 Å². The third-order valence-electron chi connectivity index (χ3n) is 8.11.